The summed E-state index contributed by atoms with van der Waals surface area (Å²) < 4.78 is 0. The molecule has 1 unspecified atom stereocenters. The SMILES string of the molecule is CC(C)(C)C1=CC(C(C)(C)C)C(C(C)(C)C)=C1C(C)(C)C. The predicted molar refractivity (Wildman–Crippen MR) is 96.4 cm³/mol. The second-order valence-electron chi connectivity index (χ2n) is 11.0. The summed E-state index contributed by atoms with van der Waals surface area (Å²) >= 11 is 0. The third-order valence-electron chi connectivity index (χ3n) is 4.48. The Kier molecular flexibility index (Phi) is 4.41. The molecule has 0 N–H and O–H groups in total. The van der Waals surface area contributed by atoms with Gasteiger partial charge in [0.1, 0.15) is 0 Å². The van der Waals surface area contributed by atoms with Crippen LogP contribution in [0, 0.1) is 27.6 Å². The number of allylic oxidation sites excluding steroid dienone is 4. The molecule has 122 valence electrons. The minimum atomic E-state index is 0.196. The summed E-state index contributed by atoms with van der Waals surface area (Å²) in [6.45, 7) is 28.5. The molecular formula is C21H38. The van der Waals surface area contributed by atoms with E-state index in [4.69, 9.17) is 0 Å². The Morgan fingerprint density at radius 1 is 0.619 bits per heavy atom. The zero-order valence-electron chi connectivity index (χ0n) is 16.7. The van der Waals surface area contributed by atoms with Gasteiger partial charge in [-0.1, -0.05) is 94.7 Å². The molecule has 0 aromatic rings. The van der Waals surface area contributed by atoms with E-state index in [1.807, 2.05) is 0 Å². The molecular weight excluding hydrogens is 252 g/mol. The molecule has 0 nitrogen and oxygen atoms in total. The minimum Gasteiger partial charge on any atom is -0.0727 e. The van der Waals surface area contributed by atoms with Crippen LogP contribution in [0.3, 0.4) is 0 Å². The van der Waals surface area contributed by atoms with E-state index in [9.17, 15) is 0 Å². The Bertz CT molecular complexity index is 456. The maximum absolute atomic E-state index is 2.58. The largest absolute Gasteiger partial charge is 0.0727 e. The molecule has 1 aliphatic carbocycles. The van der Waals surface area contributed by atoms with Gasteiger partial charge >= 0.3 is 0 Å². The standard InChI is InChI=1S/C21H38/c1-18(2,3)14-13-15(19(4,5)6)17(21(10,11)12)16(14)20(7,8)9/h13-14H,1-12H3. The van der Waals surface area contributed by atoms with Crippen LogP contribution in [0.2, 0.25) is 0 Å². The van der Waals surface area contributed by atoms with Gasteiger partial charge in [0.05, 0.1) is 0 Å². The molecule has 0 amide bonds. The molecule has 1 atom stereocenters. The van der Waals surface area contributed by atoms with Gasteiger partial charge in [-0.15, -0.1) is 0 Å². The van der Waals surface area contributed by atoms with Crippen LogP contribution in [0.4, 0.5) is 0 Å². The van der Waals surface area contributed by atoms with Crippen LogP contribution >= 0.6 is 0 Å². The zero-order valence-corrected chi connectivity index (χ0v) is 16.7. The molecule has 0 saturated heterocycles. The second kappa shape index (κ2) is 5.00. The van der Waals surface area contributed by atoms with Crippen molar-refractivity contribution in [3.63, 3.8) is 0 Å². The van der Waals surface area contributed by atoms with Crippen LogP contribution < -0.4 is 0 Å². The monoisotopic (exact) mass is 290 g/mol. The van der Waals surface area contributed by atoms with Gasteiger partial charge in [-0.3, -0.25) is 0 Å². The Labute approximate surface area is 134 Å². The average Bonchev–Trinajstić information content (AvgIpc) is 2.52. The van der Waals surface area contributed by atoms with Crippen molar-refractivity contribution in [1.82, 2.24) is 0 Å². The maximum Gasteiger partial charge on any atom is 0.00428 e. The molecule has 1 aliphatic rings. The summed E-state index contributed by atoms with van der Waals surface area (Å²) in [7, 11) is 0. The third-order valence-corrected chi connectivity index (χ3v) is 4.48. The van der Waals surface area contributed by atoms with E-state index in [0.29, 0.717) is 5.92 Å². The van der Waals surface area contributed by atoms with E-state index < -0.39 is 0 Å². The number of hydrogen-bond donors (Lipinski definition) is 0. The number of hydrogen-bond acceptors (Lipinski definition) is 0. The van der Waals surface area contributed by atoms with Crippen molar-refractivity contribution in [2.45, 2.75) is 83.1 Å². The lowest BCUT2D eigenvalue weighted by Gasteiger charge is -2.39. The van der Waals surface area contributed by atoms with Crippen LogP contribution in [-0.4, -0.2) is 0 Å². The Hall–Kier alpha value is -0.520. The van der Waals surface area contributed by atoms with Crippen molar-refractivity contribution < 1.29 is 0 Å². The number of rotatable bonds is 0. The smallest absolute Gasteiger partial charge is 0.00428 e. The van der Waals surface area contributed by atoms with Crippen LogP contribution in [-0.2, 0) is 0 Å². The van der Waals surface area contributed by atoms with Gasteiger partial charge in [0.2, 0.25) is 0 Å². The highest BCUT2D eigenvalue weighted by Crippen LogP contribution is 2.56. The van der Waals surface area contributed by atoms with Gasteiger partial charge in [-0.2, -0.15) is 0 Å². The first-order valence-corrected chi connectivity index (χ1v) is 8.45. The molecule has 0 spiro atoms. The van der Waals surface area contributed by atoms with E-state index in [-0.39, 0.29) is 21.7 Å². The van der Waals surface area contributed by atoms with Gasteiger partial charge in [-0.05, 0) is 32.8 Å². The summed E-state index contributed by atoms with van der Waals surface area (Å²) in [5.41, 5.74) is 5.73. The first-order chi connectivity index (χ1) is 8.97. The van der Waals surface area contributed by atoms with E-state index in [2.05, 4.69) is 89.2 Å². The quantitative estimate of drug-likeness (QED) is 0.449. The third kappa shape index (κ3) is 3.82. The summed E-state index contributed by atoms with van der Waals surface area (Å²) in [6, 6.07) is 0. The van der Waals surface area contributed by atoms with Crippen LogP contribution in [0.1, 0.15) is 83.1 Å². The molecule has 1 rings (SSSR count). The summed E-state index contributed by atoms with van der Waals surface area (Å²) in [6.07, 6.45) is 2.58. The first-order valence-electron chi connectivity index (χ1n) is 8.45. The molecule has 0 aromatic carbocycles. The van der Waals surface area contributed by atoms with Crippen LogP contribution in [0.25, 0.3) is 0 Å². The van der Waals surface area contributed by atoms with Crippen LogP contribution in [0.5, 0.6) is 0 Å². The van der Waals surface area contributed by atoms with Gasteiger partial charge < -0.3 is 0 Å². The molecule has 0 heteroatoms. The Balaban J connectivity index is 3.73. The lowest BCUT2D eigenvalue weighted by Crippen LogP contribution is -2.28. The van der Waals surface area contributed by atoms with Crippen molar-refractivity contribution >= 4 is 0 Å². The molecule has 0 radical (unpaired) electrons. The Morgan fingerprint density at radius 2 is 1.05 bits per heavy atom. The highest BCUT2D eigenvalue weighted by atomic mass is 14.5. The normalized spacial score (nSPS) is 21.9. The maximum atomic E-state index is 2.58. The van der Waals surface area contributed by atoms with Crippen molar-refractivity contribution in [2.75, 3.05) is 0 Å². The fraction of sp³-hybridized carbons (Fsp3) is 0.810. The highest BCUT2D eigenvalue weighted by Gasteiger charge is 2.44. The predicted octanol–water partition coefficient (Wildman–Crippen LogP) is 7.02. The minimum absolute atomic E-state index is 0.196. The molecule has 0 aliphatic heterocycles. The first kappa shape index (κ1) is 18.5. The van der Waals surface area contributed by atoms with E-state index in [1.165, 1.54) is 0 Å². The fourth-order valence-corrected chi connectivity index (χ4v) is 3.59. The zero-order chi connectivity index (χ0) is 17.0. The molecule has 0 saturated carbocycles. The summed E-state index contributed by atoms with van der Waals surface area (Å²) in [4.78, 5) is 0. The van der Waals surface area contributed by atoms with E-state index in [1.54, 1.807) is 16.7 Å². The van der Waals surface area contributed by atoms with Gasteiger partial charge in [0.15, 0.2) is 0 Å². The topological polar surface area (TPSA) is 0 Å². The van der Waals surface area contributed by atoms with Gasteiger partial charge in [0.25, 0.3) is 0 Å². The average molecular weight is 291 g/mol. The van der Waals surface area contributed by atoms with Crippen molar-refractivity contribution in [1.29, 1.82) is 0 Å². The van der Waals surface area contributed by atoms with Gasteiger partial charge in [0, 0.05) is 5.92 Å². The van der Waals surface area contributed by atoms with E-state index in [0.717, 1.165) is 0 Å². The van der Waals surface area contributed by atoms with E-state index >= 15 is 0 Å². The summed E-state index contributed by atoms with van der Waals surface area (Å²) in [5, 5.41) is 0. The molecule has 0 aromatic heterocycles. The molecule has 0 bridgehead atoms. The van der Waals surface area contributed by atoms with Crippen molar-refractivity contribution in [3.8, 4) is 0 Å². The second-order valence-corrected chi connectivity index (χ2v) is 11.0. The van der Waals surface area contributed by atoms with Crippen LogP contribution in [0.15, 0.2) is 22.8 Å². The fourth-order valence-electron chi connectivity index (χ4n) is 3.59. The Morgan fingerprint density at radius 3 is 1.29 bits per heavy atom. The lowest BCUT2D eigenvalue weighted by atomic mass is 9.66. The molecule has 0 fully saturated rings. The van der Waals surface area contributed by atoms with Crippen molar-refractivity contribution in [2.24, 2.45) is 27.6 Å². The lowest BCUT2D eigenvalue weighted by molar-refractivity contribution is 0.286. The highest BCUT2D eigenvalue weighted by molar-refractivity contribution is 5.52. The summed E-state index contributed by atoms with van der Waals surface area (Å²) in [5.74, 6) is 0.543. The van der Waals surface area contributed by atoms with Gasteiger partial charge in [-0.25, -0.2) is 0 Å². The van der Waals surface area contributed by atoms with Crippen molar-refractivity contribution in [3.05, 3.63) is 22.8 Å². The molecule has 21 heavy (non-hydrogen) atoms. The molecule has 0 heterocycles.